The third-order valence-electron chi connectivity index (χ3n) is 3.38. The lowest BCUT2D eigenvalue weighted by Crippen LogP contribution is -2.20. The summed E-state index contributed by atoms with van der Waals surface area (Å²) >= 11 is 0. The summed E-state index contributed by atoms with van der Waals surface area (Å²) in [6.45, 7) is 0. The van der Waals surface area contributed by atoms with Gasteiger partial charge in [-0.05, 0) is 17.7 Å². The van der Waals surface area contributed by atoms with Gasteiger partial charge in [0.1, 0.15) is 5.69 Å². The van der Waals surface area contributed by atoms with Crippen molar-refractivity contribution in [2.75, 3.05) is 10.6 Å². The highest BCUT2D eigenvalue weighted by Gasteiger charge is 2.38. The van der Waals surface area contributed by atoms with E-state index < -0.39 is 17.9 Å². The second-order valence-corrected chi connectivity index (χ2v) is 5.13. The van der Waals surface area contributed by atoms with Gasteiger partial charge < -0.3 is 5.32 Å². The number of rotatable bonds is 3. The van der Waals surface area contributed by atoms with Gasteiger partial charge in [0.25, 0.3) is 0 Å². The van der Waals surface area contributed by atoms with E-state index in [-0.39, 0.29) is 11.4 Å². The number of aromatic amines is 1. The molecule has 3 aromatic rings. The second kappa shape index (κ2) is 6.68. The highest BCUT2D eigenvalue weighted by Crippen LogP contribution is 2.39. The number of nitrogens with zero attached hydrogens (tertiary/aromatic N) is 1. The third kappa shape index (κ3) is 3.79. The first-order chi connectivity index (χ1) is 11.9. The fourth-order valence-electron chi connectivity index (χ4n) is 2.31. The molecule has 0 fully saturated rings. The van der Waals surface area contributed by atoms with Crippen molar-refractivity contribution in [3.05, 3.63) is 66.4 Å². The maximum Gasteiger partial charge on any atom is 0.433 e. The average Bonchev–Trinajstić information content (AvgIpc) is 3.00. The molecule has 0 radical (unpaired) electrons. The van der Waals surface area contributed by atoms with Crippen LogP contribution < -0.4 is 10.6 Å². The van der Waals surface area contributed by atoms with Gasteiger partial charge in [-0.15, -0.1) is 0 Å². The Hall–Kier alpha value is -3.29. The predicted molar refractivity (Wildman–Crippen MR) is 88.1 cm³/mol. The molecule has 0 aliphatic carbocycles. The first-order valence-electron chi connectivity index (χ1n) is 7.29. The number of amides is 2. The molecule has 25 heavy (non-hydrogen) atoms. The van der Waals surface area contributed by atoms with E-state index in [4.69, 9.17) is 0 Å². The molecule has 0 spiro atoms. The predicted octanol–water partition coefficient (Wildman–Crippen LogP) is 4.74. The van der Waals surface area contributed by atoms with E-state index in [0.717, 1.165) is 0 Å². The SMILES string of the molecule is O=C(Nc1ccccc1)Nc1n[nH]c(C(F)(F)F)c1-c1ccccc1. The summed E-state index contributed by atoms with van der Waals surface area (Å²) < 4.78 is 39.7. The van der Waals surface area contributed by atoms with Crippen LogP contribution in [0.4, 0.5) is 29.5 Å². The van der Waals surface area contributed by atoms with E-state index in [1.54, 1.807) is 48.5 Å². The molecule has 0 aliphatic rings. The minimum Gasteiger partial charge on any atom is -0.308 e. The van der Waals surface area contributed by atoms with Crippen molar-refractivity contribution in [1.29, 1.82) is 0 Å². The number of anilines is 2. The lowest BCUT2D eigenvalue weighted by molar-refractivity contribution is -0.140. The molecule has 8 heteroatoms. The normalized spacial score (nSPS) is 11.2. The van der Waals surface area contributed by atoms with E-state index in [9.17, 15) is 18.0 Å². The number of para-hydroxylation sites is 1. The number of aromatic nitrogens is 2. The van der Waals surface area contributed by atoms with Crippen LogP contribution in [0.1, 0.15) is 5.69 Å². The summed E-state index contributed by atoms with van der Waals surface area (Å²) in [6, 6.07) is 15.8. The Kier molecular flexibility index (Phi) is 4.42. The van der Waals surface area contributed by atoms with Crippen LogP contribution in [0.3, 0.4) is 0 Å². The Bertz CT molecular complexity index is 861. The van der Waals surface area contributed by atoms with E-state index in [2.05, 4.69) is 15.7 Å². The maximum atomic E-state index is 13.2. The van der Waals surface area contributed by atoms with Crippen LogP contribution in [-0.4, -0.2) is 16.2 Å². The van der Waals surface area contributed by atoms with Gasteiger partial charge in [-0.3, -0.25) is 10.4 Å². The van der Waals surface area contributed by atoms with E-state index >= 15 is 0 Å². The average molecular weight is 346 g/mol. The number of H-pyrrole nitrogens is 1. The van der Waals surface area contributed by atoms with Gasteiger partial charge in [0.15, 0.2) is 5.82 Å². The molecule has 3 rings (SSSR count). The molecule has 2 aromatic carbocycles. The molecule has 3 N–H and O–H groups in total. The lowest BCUT2D eigenvalue weighted by Gasteiger charge is -2.10. The molecule has 0 bridgehead atoms. The molecular formula is C17H13F3N4O. The first kappa shape index (κ1) is 16.6. The zero-order valence-corrected chi connectivity index (χ0v) is 12.8. The van der Waals surface area contributed by atoms with Crippen molar-refractivity contribution in [3.8, 4) is 11.1 Å². The van der Waals surface area contributed by atoms with E-state index in [1.165, 1.54) is 12.1 Å². The zero-order chi connectivity index (χ0) is 17.9. The summed E-state index contributed by atoms with van der Waals surface area (Å²) in [5.74, 6) is -0.202. The fourth-order valence-corrected chi connectivity index (χ4v) is 2.31. The Morgan fingerprint density at radius 3 is 2.12 bits per heavy atom. The van der Waals surface area contributed by atoms with Crippen molar-refractivity contribution in [1.82, 2.24) is 10.2 Å². The molecule has 128 valence electrons. The maximum absolute atomic E-state index is 13.2. The minimum atomic E-state index is -4.63. The van der Waals surface area contributed by atoms with Gasteiger partial charge in [0.2, 0.25) is 0 Å². The van der Waals surface area contributed by atoms with Gasteiger partial charge in [0.05, 0.1) is 5.56 Å². The Morgan fingerprint density at radius 1 is 0.920 bits per heavy atom. The first-order valence-corrected chi connectivity index (χ1v) is 7.29. The number of halogens is 3. The van der Waals surface area contributed by atoms with Crippen LogP contribution in [0.25, 0.3) is 11.1 Å². The van der Waals surface area contributed by atoms with Gasteiger partial charge in [-0.2, -0.15) is 18.3 Å². The second-order valence-electron chi connectivity index (χ2n) is 5.13. The largest absolute Gasteiger partial charge is 0.433 e. The Balaban J connectivity index is 1.91. The van der Waals surface area contributed by atoms with Crippen molar-refractivity contribution in [2.24, 2.45) is 0 Å². The van der Waals surface area contributed by atoms with Crippen LogP contribution in [0, 0.1) is 0 Å². The van der Waals surface area contributed by atoms with Crippen LogP contribution in [0.5, 0.6) is 0 Å². The fraction of sp³-hybridized carbons (Fsp3) is 0.0588. The van der Waals surface area contributed by atoms with Crippen LogP contribution in [0.2, 0.25) is 0 Å². The van der Waals surface area contributed by atoms with Crippen LogP contribution in [-0.2, 0) is 6.18 Å². The monoisotopic (exact) mass is 346 g/mol. The lowest BCUT2D eigenvalue weighted by atomic mass is 10.1. The summed E-state index contributed by atoms with van der Waals surface area (Å²) in [7, 11) is 0. The van der Waals surface area contributed by atoms with Gasteiger partial charge in [-0.1, -0.05) is 48.5 Å². The molecular weight excluding hydrogens is 333 g/mol. The van der Waals surface area contributed by atoms with E-state index in [1.807, 2.05) is 5.10 Å². The highest BCUT2D eigenvalue weighted by atomic mass is 19.4. The molecule has 0 saturated heterocycles. The topological polar surface area (TPSA) is 69.8 Å². The minimum absolute atomic E-state index is 0.202. The smallest absolute Gasteiger partial charge is 0.308 e. The number of alkyl halides is 3. The number of urea groups is 1. The van der Waals surface area contributed by atoms with Gasteiger partial charge >= 0.3 is 12.2 Å². The van der Waals surface area contributed by atoms with Gasteiger partial charge in [0, 0.05) is 5.69 Å². The van der Waals surface area contributed by atoms with Crippen molar-refractivity contribution in [3.63, 3.8) is 0 Å². The van der Waals surface area contributed by atoms with E-state index in [0.29, 0.717) is 11.3 Å². The van der Waals surface area contributed by atoms with Crippen molar-refractivity contribution >= 4 is 17.5 Å². The summed E-state index contributed by atoms with van der Waals surface area (Å²) in [6.07, 6.45) is -4.63. The number of benzene rings is 2. The summed E-state index contributed by atoms with van der Waals surface area (Å²) in [4.78, 5) is 12.1. The molecule has 0 aliphatic heterocycles. The quantitative estimate of drug-likeness (QED) is 0.641. The highest BCUT2D eigenvalue weighted by molar-refractivity contribution is 6.01. The molecule has 0 unspecified atom stereocenters. The molecule has 0 saturated carbocycles. The summed E-state index contributed by atoms with van der Waals surface area (Å²) in [5, 5.41) is 10.5. The Morgan fingerprint density at radius 2 is 1.52 bits per heavy atom. The molecule has 2 amide bonds. The van der Waals surface area contributed by atoms with Crippen LogP contribution >= 0.6 is 0 Å². The van der Waals surface area contributed by atoms with Crippen molar-refractivity contribution in [2.45, 2.75) is 6.18 Å². The standard InChI is InChI=1S/C17H13F3N4O/c18-17(19,20)14-13(11-7-3-1-4-8-11)15(24-23-14)22-16(25)21-12-9-5-2-6-10-12/h1-10H,(H3,21,22,23,24,25). The Labute approximate surface area is 140 Å². The van der Waals surface area contributed by atoms with Gasteiger partial charge in [-0.25, -0.2) is 4.79 Å². The molecule has 1 heterocycles. The molecule has 0 atom stereocenters. The van der Waals surface area contributed by atoms with Crippen LogP contribution in [0.15, 0.2) is 60.7 Å². The number of carbonyl (C=O) groups is 1. The summed E-state index contributed by atoms with van der Waals surface area (Å²) in [5.41, 5.74) is -0.434. The number of hydrogen-bond acceptors (Lipinski definition) is 2. The number of carbonyl (C=O) groups excluding carboxylic acids is 1. The third-order valence-corrected chi connectivity index (χ3v) is 3.38. The van der Waals surface area contributed by atoms with Crippen molar-refractivity contribution < 1.29 is 18.0 Å². The molecule has 1 aromatic heterocycles. The molecule has 5 nitrogen and oxygen atoms in total. The zero-order valence-electron chi connectivity index (χ0n) is 12.8. The number of hydrogen-bond donors (Lipinski definition) is 3. The number of nitrogens with one attached hydrogen (secondary N) is 3.